The van der Waals surface area contributed by atoms with E-state index in [9.17, 15) is 18.0 Å². The van der Waals surface area contributed by atoms with Gasteiger partial charge in [0.2, 0.25) is 0 Å². The zero-order valence-corrected chi connectivity index (χ0v) is 11.5. The summed E-state index contributed by atoms with van der Waals surface area (Å²) in [5.74, 6) is 0.187. The molecule has 3 aromatic rings. The Morgan fingerprint density at radius 3 is 2.45 bits per heavy atom. The van der Waals surface area contributed by atoms with E-state index in [2.05, 4.69) is 9.97 Å². The van der Waals surface area contributed by atoms with Crippen LogP contribution in [0.3, 0.4) is 0 Å². The summed E-state index contributed by atoms with van der Waals surface area (Å²) in [6.45, 7) is 2.01. The predicted octanol–water partition coefficient (Wildman–Crippen LogP) is 2.76. The lowest BCUT2D eigenvalue weighted by Crippen LogP contribution is -2.24. The molecule has 0 spiro atoms. The minimum absolute atomic E-state index is 0.0455. The zero-order chi connectivity index (χ0) is 15.9. The van der Waals surface area contributed by atoms with Gasteiger partial charge in [-0.15, -0.1) is 13.2 Å². The molecule has 8 heteroatoms. The van der Waals surface area contributed by atoms with Crippen LogP contribution in [0.5, 0.6) is 0 Å². The first-order chi connectivity index (χ1) is 10.4. The summed E-state index contributed by atoms with van der Waals surface area (Å²) >= 11 is 0. The molecule has 0 saturated heterocycles. The van der Waals surface area contributed by atoms with Crippen molar-refractivity contribution in [3.63, 3.8) is 0 Å². The Morgan fingerprint density at radius 2 is 1.86 bits per heavy atom. The zero-order valence-electron chi connectivity index (χ0n) is 11.5. The third-order valence-electron chi connectivity index (χ3n) is 3.28. The number of aromatic nitrogens is 4. The van der Waals surface area contributed by atoms with Crippen molar-refractivity contribution < 1.29 is 13.2 Å². The summed E-state index contributed by atoms with van der Waals surface area (Å²) in [4.78, 5) is 20.0. The Bertz CT molecular complexity index is 881. The highest BCUT2D eigenvalue weighted by atomic mass is 19.4. The van der Waals surface area contributed by atoms with Gasteiger partial charge in [-0.2, -0.15) is 0 Å². The average molecular weight is 308 g/mol. The van der Waals surface area contributed by atoms with E-state index in [0.29, 0.717) is 11.9 Å². The molecule has 0 amide bonds. The van der Waals surface area contributed by atoms with E-state index >= 15 is 0 Å². The summed E-state index contributed by atoms with van der Waals surface area (Å²) in [6.07, 6.45) is -4.10. The first-order valence-electron chi connectivity index (χ1n) is 6.54. The fourth-order valence-corrected chi connectivity index (χ4v) is 2.27. The highest BCUT2D eigenvalue weighted by molar-refractivity contribution is 5.73. The second-order valence-electron chi connectivity index (χ2n) is 4.61. The molecule has 1 aromatic carbocycles. The topological polar surface area (TPSA) is 52.7 Å². The molecule has 0 saturated carbocycles. The lowest BCUT2D eigenvalue weighted by Gasteiger charge is -2.12. The Hall–Kier alpha value is -2.64. The Kier molecular flexibility index (Phi) is 3.23. The van der Waals surface area contributed by atoms with Crippen molar-refractivity contribution in [3.8, 4) is 11.4 Å². The second-order valence-corrected chi connectivity index (χ2v) is 4.61. The SMILES string of the molecule is CCn1c(-c2ccccc2)nc2c(ncn2C(F)(F)F)c1=O. The van der Waals surface area contributed by atoms with Crippen LogP contribution in [0.15, 0.2) is 41.5 Å². The maximum atomic E-state index is 13.0. The molecule has 2 heterocycles. The fraction of sp³-hybridized carbons (Fsp3) is 0.214. The van der Waals surface area contributed by atoms with Crippen molar-refractivity contribution in [1.29, 1.82) is 0 Å². The number of fused-ring (bicyclic) bond motifs is 1. The van der Waals surface area contributed by atoms with Crippen LogP contribution >= 0.6 is 0 Å². The van der Waals surface area contributed by atoms with Crippen molar-refractivity contribution in [2.45, 2.75) is 19.8 Å². The molecule has 0 N–H and O–H groups in total. The molecule has 3 rings (SSSR count). The molecule has 0 unspecified atom stereocenters. The summed E-state index contributed by atoms with van der Waals surface area (Å²) in [7, 11) is 0. The summed E-state index contributed by atoms with van der Waals surface area (Å²) in [6, 6.07) is 8.61. The number of rotatable bonds is 2. The molecule has 0 radical (unpaired) electrons. The van der Waals surface area contributed by atoms with Gasteiger partial charge in [0.25, 0.3) is 5.56 Å². The maximum absolute atomic E-state index is 13.0. The van der Waals surface area contributed by atoms with Crippen molar-refractivity contribution in [3.05, 3.63) is 47.0 Å². The molecule has 0 atom stereocenters. The van der Waals surface area contributed by atoms with E-state index in [4.69, 9.17) is 0 Å². The smallest absolute Gasteiger partial charge is 0.291 e. The molecule has 2 aromatic heterocycles. The van der Waals surface area contributed by atoms with Crippen molar-refractivity contribution in [1.82, 2.24) is 19.1 Å². The number of hydrogen-bond donors (Lipinski definition) is 0. The molecule has 0 aliphatic rings. The molecule has 114 valence electrons. The van der Waals surface area contributed by atoms with E-state index in [1.54, 1.807) is 37.3 Å². The quantitative estimate of drug-likeness (QED) is 0.731. The highest BCUT2D eigenvalue weighted by Crippen LogP contribution is 2.26. The first-order valence-corrected chi connectivity index (χ1v) is 6.54. The molecule has 0 fully saturated rings. The van der Waals surface area contributed by atoms with Gasteiger partial charge in [0.05, 0.1) is 0 Å². The lowest BCUT2D eigenvalue weighted by molar-refractivity contribution is -0.201. The Balaban J connectivity index is 2.39. The number of hydrogen-bond acceptors (Lipinski definition) is 3. The van der Waals surface area contributed by atoms with Crippen LogP contribution in [0.2, 0.25) is 0 Å². The van der Waals surface area contributed by atoms with E-state index in [1.165, 1.54) is 4.57 Å². The standard InChI is InChI=1S/C14H11F3N4O/c1-2-20-11(9-6-4-3-5-7-9)19-12-10(13(20)22)18-8-21(12)14(15,16)17/h3-8H,2H2,1H3. The highest BCUT2D eigenvalue weighted by Gasteiger charge is 2.34. The van der Waals surface area contributed by atoms with Crippen molar-refractivity contribution >= 4 is 11.2 Å². The van der Waals surface area contributed by atoms with Gasteiger partial charge in [-0.25, -0.2) is 14.5 Å². The van der Waals surface area contributed by atoms with Crippen LogP contribution < -0.4 is 5.56 Å². The number of imidazole rings is 1. The third kappa shape index (κ3) is 2.16. The Morgan fingerprint density at radius 1 is 1.18 bits per heavy atom. The maximum Gasteiger partial charge on any atom is 0.491 e. The normalized spacial score (nSPS) is 12.0. The van der Waals surface area contributed by atoms with E-state index in [1.807, 2.05) is 0 Å². The number of halogens is 3. The number of alkyl halides is 3. The first kappa shape index (κ1) is 14.3. The van der Waals surface area contributed by atoms with E-state index < -0.39 is 17.5 Å². The van der Waals surface area contributed by atoms with E-state index in [-0.39, 0.29) is 22.5 Å². The molecule has 5 nitrogen and oxygen atoms in total. The van der Waals surface area contributed by atoms with Crippen molar-refractivity contribution in [2.75, 3.05) is 0 Å². The molecule has 0 bridgehead atoms. The van der Waals surface area contributed by atoms with Crippen LogP contribution in [-0.4, -0.2) is 19.1 Å². The van der Waals surface area contributed by atoms with Gasteiger partial charge in [0.15, 0.2) is 11.2 Å². The molecule has 0 aliphatic heterocycles. The van der Waals surface area contributed by atoms with Crippen LogP contribution in [0.1, 0.15) is 6.92 Å². The molecule has 22 heavy (non-hydrogen) atoms. The van der Waals surface area contributed by atoms with Crippen molar-refractivity contribution in [2.24, 2.45) is 0 Å². The van der Waals surface area contributed by atoms with Crippen LogP contribution in [-0.2, 0) is 12.8 Å². The summed E-state index contributed by atoms with van der Waals surface area (Å²) in [5.41, 5.74) is -0.799. The van der Waals surface area contributed by atoms with Gasteiger partial charge in [-0.3, -0.25) is 9.36 Å². The number of nitrogens with zero attached hydrogens (tertiary/aromatic N) is 4. The Labute approximate surface area is 122 Å². The van der Waals surface area contributed by atoms with Gasteiger partial charge in [0, 0.05) is 12.1 Å². The van der Waals surface area contributed by atoms with Crippen LogP contribution in [0.4, 0.5) is 13.2 Å². The van der Waals surface area contributed by atoms with Gasteiger partial charge < -0.3 is 0 Å². The third-order valence-corrected chi connectivity index (χ3v) is 3.28. The summed E-state index contributed by atoms with van der Waals surface area (Å²) in [5, 5.41) is 0. The predicted molar refractivity (Wildman–Crippen MR) is 74.2 cm³/mol. The average Bonchev–Trinajstić information content (AvgIpc) is 2.92. The minimum atomic E-state index is -4.68. The molecular weight excluding hydrogens is 297 g/mol. The van der Waals surface area contributed by atoms with E-state index in [0.717, 1.165) is 0 Å². The second kappa shape index (κ2) is 4.97. The summed E-state index contributed by atoms with van der Waals surface area (Å²) < 4.78 is 40.2. The monoisotopic (exact) mass is 308 g/mol. The fourth-order valence-electron chi connectivity index (χ4n) is 2.27. The van der Waals surface area contributed by atoms with Crippen LogP contribution in [0, 0.1) is 0 Å². The number of benzene rings is 1. The molecule has 0 aliphatic carbocycles. The molecular formula is C14H11F3N4O. The van der Waals surface area contributed by atoms with Gasteiger partial charge in [0.1, 0.15) is 12.2 Å². The largest absolute Gasteiger partial charge is 0.491 e. The van der Waals surface area contributed by atoms with Gasteiger partial charge in [-0.1, -0.05) is 30.3 Å². The van der Waals surface area contributed by atoms with Gasteiger partial charge >= 0.3 is 6.30 Å². The van der Waals surface area contributed by atoms with Crippen LogP contribution in [0.25, 0.3) is 22.6 Å². The lowest BCUT2D eigenvalue weighted by atomic mass is 10.2. The minimum Gasteiger partial charge on any atom is -0.291 e. The van der Waals surface area contributed by atoms with Gasteiger partial charge in [-0.05, 0) is 6.92 Å².